The molecule has 6 nitrogen and oxygen atoms in total. The summed E-state index contributed by atoms with van der Waals surface area (Å²) < 4.78 is 15.2. The summed E-state index contributed by atoms with van der Waals surface area (Å²) in [6, 6.07) is 0.232. The number of nitrogens with zero attached hydrogens (tertiary/aromatic N) is 1. The molecule has 2 unspecified atom stereocenters. The van der Waals surface area contributed by atoms with Crippen molar-refractivity contribution >= 4 is 5.97 Å². The Labute approximate surface area is 129 Å². The number of carbonyl (C=O) groups is 1. The Bertz CT molecular complexity index is 274. The van der Waals surface area contributed by atoms with Crippen LogP contribution in [-0.4, -0.2) is 76.6 Å². The summed E-state index contributed by atoms with van der Waals surface area (Å²) in [5, 5.41) is 3.25. The number of rotatable bonds is 12. The molecule has 0 saturated heterocycles. The Morgan fingerprint density at radius 2 is 1.76 bits per heavy atom. The van der Waals surface area contributed by atoms with Crippen LogP contribution in [0.2, 0.25) is 0 Å². The van der Waals surface area contributed by atoms with Crippen LogP contribution in [0.5, 0.6) is 0 Å². The fourth-order valence-corrected chi connectivity index (χ4v) is 2.22. The van der Waals surface area contributed by atoms with E-state index in [2.05, 4.69) is 17.1 Å². The highest BCUT2D eigenvalue weighted by Gasteiger charge is 2.22. The molecular weight excluding hydrogens is 272 g/mol. The molecule has 0 aliphatic carbocycles. The van der Waals surface area contributed by atoms with Crippen LogP contribution in [0.15, 0.2) is 0 Å². The first kappa shape index (κ1) is 20.3. The molecule has 0 aliphatic rings. The summed E-state index contributed by atoms with van der Waals surface area (Å²) in [6.07, 6.45) is 0.697. The fourth-order valence-electron chi connectivity index (χ4n) is 2.22. The van der Waals surface area contributed by atoms with Crippen molar-refractivity contribution in [2.45, 2.75) is 45.3 Å². The molecule has 0 aromatic carbocycles. The topological polar surface area (TPSA) is 60.0 Å². The molecule has 6 heteroatoms. The van der Waals surface area contributed by atoms with Gasteiger partial charge >= 0.3 is 5.97 Å². The average Bonchev–Trinajstić information content (AvgIpc) is 2.44. The first-order chi connectivity index (χ1) is 9.96. The van der Waals surface area contributed by atoms with Gasteiger partial charge in [0.1, 0.15) is 6.04 Å². The second-order valence-electron chi connectivity index (χ2n) is 5.52. The number of hydrogen-bond acceptors (Lipinski definition) is 6. The van der Waals surface area contributed by atoms with Gasteiger partial charge < -0.3 is 19.5 Å². The van der Waals surface area contributed by atoms with E-state index in [9.17, 15) is 4.79 Å². The van der Waals surface area contributed by atoms with Gasteiger partial charge in [-0.05, 0) is 13.3 Å². The Hall–Kier alpha value is -0.690. The molecule has 0 rings (SSSR count). The number of esters is 1. The van der Waals surface area contributed by atoms with E-state index in [4.69, 9.17) is 14.2 Å². The maximum absolute atomic E-state index is 11.8. The van der Waals surface area contributed by atoms with Crippen molar-refractivity contribution in [3.63, 3.8) is 0 Å². The summed E-state index contributed by atoms with van der Waals surface area (Å²) in [4.78, 5) is 14.1. The van der Waals surface area contributed by atoms with Gasteiger partial charge in [0.25, 0.3) is 0 Å². The van der Waals surface area contributed by atoms with E-state index < -0.39 is 0 Å². The van der Waals surface area contributed by atoms with Crippen LogP contribution in [0.4, 0.5) is 0 Å². The lowest BCUT2D eigenvalue weighted by Crippen LogP contribution is -2.46. The van der Waals surface area contributed by atoms with Crippen LogP contribution in [0.25, 0.3) is 0 Å². The van der Waals surface area contributed by atoms with Crippen molar-refractivity contribution in [3.05, 3.63) is 0 Å². The zero-order valence-electron chi connectivity index (χ0n) is 14.3. The first-order valence-corrected chi connectivity index (χ1v) is 7.52. The lowest BCUT2D eigenvalue weighted by molar-refractivity contribution is -0.143. The molecular formula is C15H32N2O4. The van der Waals surface area contributed by atoms with Crippen LogP contribution in [-0.2, 0) is 19.0 Å². The zero-order valence-corrected chi connectivity index (χ0v) is 14.3. The summed E-state index contributed by atoms with van der Waals surface area (Å²) >= 11 is 0. The minimum Gasteiger partial charge on any atom is -0.468 e. The highest BCUT2D eigenvalue weighted by Crippen LogP contribution is 2.05. The molecule has 0 aromatic rings. The van der Waals surface area contributed by atoms with Gasteiger partial charge in [-0.3, -0.25) is 9.69 Å². The first-order valence-electron chi connectivity index (χ1n) is 7.52. The lowest BCUT2D eigenvalue weighted by atomic mass is 10.1. The molecule has 0 saturated carbocycles. The maximum atomic E-state index is 11.8. The summed E-state index contributed by atoms with van der Waals surface area (Å²) in [6.45, 7) is 9.07. The van der Waals surface area contributed by atoms with Crippen LogP contribution in [0.1, 0.15) is 27.2 Å². The van der Waals surface area contributed by atoms with E-state index in [1.54, 1.807) is 14.2 Å². The third-order valence-corrected chi connectivity index (χ3v) is 3.34. The van der Waals surface area contributed by atoms with E-state index in [-0.39, 0.29) is 24.1 Å². The number of carbonyl (C=O) groups excluding carboxylic acids is 1. The predicted molar refractivity (Wildman–Crippen MR) is 83.5 cm³/mol. The van der Waals surface area contributed by atoms with E-state index in [0.717, 1.165) is 13.1 Å². The molecule has 0 radical (unpaired) electrons. The minimum atomic E-state index is -0.283. The van der Waals surface area contributed by atoms with Gasteiger partial charge in [-0.25, -0.2) is 0 Å². The van der Waals surface area contributed by atoms with Crippen molar-refractivity contribution in [2.24, 2.45) is 0 Å². The van der Waals surface area contributed by atoms with Gasteiger partial charge in [0, 0.05) is 39.4 Å². The Morgan fingerprint density at radius 3 is 2.24 bits per heavy atom. The maximum Gasteiger partial charge on any atom is 0.322 e. The smallest absolute Gasteiger partial charge is 0.322 e. The predicted octanol–water partition coefficient (Wildman–Crippen LogP) is 0.899. The van der Waals surface area contributed by atoms with E-state index in [0.29, 0.717) is 19.6 Å². The Balaban J connectivity index is 4.53. The molecule has 0 aliphatic heterocycles. The van der Waals surface area contributed by atoms with E-state index >= 15 is 0 Å². The quantitative estimate of drug-likeness (QED) is 0.541. The SMILES string of the molecule is COCCN(CCC(NC(C)C)C(=O)OC)C(C)COC. The van der Waals surface area contributed by atoms with E-state index in [1.807, 2.05) is 13.8 Å². The van der Waals surface area contributed by atoms with Crippen molar-refractivity contribution in [1.82, 2.24) is 10.2 Å². The second kappa shape index (κ2) is 11.9. The highest BCUT2D eigenvalue weighted by atomic mass is 16.5. The number of methoxy groups -OCH3 is 3. The average molecular weight is 304 g/mol. The van der Waals surface area contributed by atoms with Crippen LogP contribution < -0.4 is 5.32 Å². The highest BCUT2D eigenvalue weighted by molar-refractivity contribution is 5.75. The summed E-state index contributed by atoms with van der Waals surface area (Å²) in [5.41, 5.74) is 0. The second-order valence-corrected chi connectivity index (χ2v) is 5.52. The minimum absolute atomic E-state index is 0.213. The van der Waals surface area contributed by atoms with E-state index in [1.165, 1.54) is 7.11 Å². The van der Waals surface area contributed by atoms with Gasteiger partial charge in [0.2, 0.25) is 0 Å². The van der Waals surface area contributed by atoms with Crippen molar-refractivity contribution in [2.75, 3.05) is 47.6 Å². The summed E-state index contributed by atoms with van der Waals surface area (Å²) in [5.74, 6) is -0.213. The van der Waals surface area contributed by atoms with Crippen molar-refractivity contribution in [3.8, 4) is 0 Å². The largest absolute Gasteiger partial charge is 0.468 e. The molecule has 0 heterocycles. The molecule has 0 aromatic heterocycles. The molecule has 1 N–H and O–H groups in total. The van der Waals surface area contributed by atoms with Crippen molar-refractivity contribution < 1.29 is 19.0 Å². The number of nitrogens with one attached hydrogen (secondary N) is 1. The Morgan fingerprint density at radius 1 is 1.10 bits per heavy atom. The number of ether oxygens (including phenoxy) is 3. The normalized spacial score (nSPS) is 14.5. The third kappa shape index (κ3) is 9.03. The molecule has 0 fully saturated rings. The van der Waals surface area contributed by atoms with Gasteiger partial charge in [0.05, 0.1) is 20.3 Å². The van der Waals surface area contributed by atoms with Gasteiger partial charge in [-0.1, -0.05) is 13.8 Å². The molecule has 0 amide bonds. The molecule has 2 atom stereocenters. The number of hydrogen-bond donors (Lipinski definition) is 1. The molecule has 0 bridgehead atoms. The third-order valence-electron chi connectivity index (χ3n) is 3.34. The zero-order chi connectivity index (χ0) is 16.3. The van der Waals surface area contributed by atoms with Crippen LogP contribution in [0, 0.1) is 0 Å². The van der Waals surface area contributed by atoms with Crippen LogP contribution in [0.3, 0.4) is 0 Å². The fraction of sp³-hybridized carbons (Fsp3) is 0.933. The summed E-state index contributed by atoms with van der Waals surface area (Å²) in [7, 11) is 4.81. The molecule has 0 spiro atoms. The Kier molecular flexibility index (Phi) is 11.5. The lowest BCUT2D eigenvalue weighted by Gasteiger charge is -2.30. The molecule has 126 valence electrons. The molecule has 21 heavy (non-hydrogen) atoms. The van der Waals surface area contributed by atoms with Crippen molar-refractivity contribution in [1.29, 1.82) is 0 Å². The standard InChI is InChI=1S/C15H32N2O4/c1-12(2)16-14(15(18)21-6)7-8-17(9-10-19-4)13(3)11-20-5/h12-14,16H,7-11H2,1-6H3. The van der Waals surface area contributed by atoms with Gasteiger partial charge in [0.15, 0.2) is 0 Å². The monoisotopic (exact) mass is 304 g/mol. The van der Waals surface area contributed by atoms with Gasteiger partial charge in [-0.2, -0.15) is 0 Å². The van der Waals surface area contributed by atoms with Gasteiger partial charge in [-0.15, -0.1) is 0 Å². The van der Waals surface area contributed by atoms with Crippen LogP contribution >= 0.6 is 0 Å².